The number of nitrogens with one attached hydrogen (secondary N) is 1. The Labute approximate surface area is 166 Å². The van der Waals surface area contributed by atoms with Crippen LogP contribution in [0.25, 0.3) is 11.3 Å². The van der Waals surface area contributed by atoms with E-state index in [1.807, 2.05) is 6.07 Å². The van der Waals surface area contributed by atoms with Crippen molar-refractivity contribution in [1.29, 1.82) is 0 Å². The molecule has 1 atom stereocenters. The molecule has 1 aliphatic heterocycles. The van der Waals surface area contributed by atoms with Crippen LogP contribution in [0.1, 0.15) is 29.9 Å². The van der Waals surface area contributed by atoms with Crippen LogP contribution in [0.5, 0.6) is 0 Å². The topological polar surface area (TPSA) is 88.6 Å². The largest absolute Gasteiger partial charge is 0.466 e. The Bertz CT molecular complexity index is 1090. The van der Waals surface area contributed by atoms with Crippen molar-refractivity contribution in [2.24, 2.45) is 0 Å². The summed E-state index contributed by atoms with van der Waals surface area (Å²) >= 11 is 6.01. The van der Waals surface area contributed by atoms with Crippen molar-refractivity contribution in [2.75, 3.05) is 0 Å². The van der Waals surface area contributed by atoms with Crippen LogP contribution < -0.4 is 5.32 Å². The molecule has 0 saturated carbocycles. The van der Waals surface area contributed by atoms with Crippen LogP contribution in [-0.2, 0) is 16.9 Å². The summed E-state index contributed by atoms with van der Waals surface area (Å²) in [6.45, 7) is 5.15. The van der Waals surface area contributed by atoms with Crippen LogP contribution in [0, 0.1) is 13.8 Å². The number of rotatable bonds is 4. The molecular formula is C20H18ClN3O4. The SMILES string of the molecule is Cc1cc(C2(C)NC(=O)N(Cc3ncc(-c4cccc(Cl)c4)o3)C2=O)c(C)o1. The van der Waals surface area contributed by atoms with E-state index in [0.717, 1.165) is 10.5 Å². The fourth-order valence-electron chi connectivity index (χ4n) is 3.44. The number of aromatic nitrogens is 1. The van der Waals surface area contributed by atoms with Gasteiger partial charge in [0.2, 0.25) is 5.89 Å². The number of furan rings is 1. The number of halogens is 1. The van der Waals surface area contributed by atoms with E-state index in [1.54, 1.807) is 51.2 Å². The molecular weight excluding hydrogens is 382 g/mol. The summed E-state index contributed by atoms with van der Waals surface area (Å²) in [6, 6.07) is 8.41. The molecule has 1 N–H and O–H groups in total. The van der Waals surface area contributed by atoms with Gasteiger partial charge >= 0.3 is 6.03 Å². The second kappa shape index (κ2) is 6.53. The summed E-state index contributed by atoms with van der Waals surface area (Å²) in [5.41, 5.74) is 0.206. The molecule has 1 saturated heterocycles. The quantitative estimate of drug-likeness (QED) is 0.665. The highest BCUT2D eigenvalue weighted by molar-refractivity contribution is 6.30. The lowest BCUT2D eigenvalue weighted by Gasteiger charge is -2.20. The predicted molar refractivity (Wildman–Crippen MR) is 102 cm³/mol. The minimum Gasteiger partial charge on any atom is -0.466 e. The zero-order valence-corrected chi connectivity index (χ0v) is 16.3. The number of amides is 3. The van der Waals surface area contributed by atoms with Crippen LogP contribution in [0.3, 0.4) is 0 Å². The second-order valence-electron chi connectivity index (χ2n) is 6.90. The van der Waals surface area contributed by atoms with E-state index in [4.69, 9.17) is 20.4 Å². The fraction of sp³-hybridized carbons (Fsp3) is 0.250. The average molecular weight is 400 g/mol. The molecule has 0 spiro atoms. The first-order chi connectivity index (χ1) is 13.3. The monoisotopic (exact) mass is 399 g/mol. The number of benzene rings is 1. The maximum absolute atomic E-state index is 13.0. The van der Waals surface area contributed by atoms with Gasteiger partial charge in [-0.15, -0.1) is 0 Å². The van der Waals surface area contributed by atoms with Crippen molar-refractivity contribution in [3.8, 4) is 11.3 Å². The Kier molecular flexibility index (Phi) is 4.27. The number of aryl methyl sites for hydroxylation is 2. The average Bonchev–Trinajstić information content (AvgIpc) is 3.30. The van der Waals surface area contributed by atoms with E-state index in [0.29, 0.717) is 27.9 Å². The zero-order valence-electron chi connectivity index (χ0n) is 15.6. The number of carbonyl (C=O) groups excluding carboxylic acids is 2. The summed E-state index contributed by atoms with van der Waals surface area (Å²) in [5.74, 6) is 1.64. The zero-order chi connectivity index (χ0) is 20.1. The molecule has 4 rings (SSSR count). The first-order valence-electron chi connectivity index (χ1n) is 8.70. The number of hydrogen-bond acceptors (Lipinski definition) is 5. The van der Waals surface area contributed by atoms with E-state index in [-0.39, 0.29) is 18.3 Å². The van der Waals surface area contributed by atoms with Crippen molar-refractivity contribution in [3.05, 3.63) is 64.5 Å². The van der Waals surface area contributed by atoms with E-state index >= 15 is 0 Å². The molecule has 1 unspecified atom stereocenters. The lowest BCUT2D eigenvalue weighted by molar-refractivity contribution is -0.131. The third-order valence-electron chi connectivity index (χ3n) is 4.81. The van der Waals surface area contributed by atoms with Gasteiger partial charge in [-0.05, 0) is 39.0 Å². The van der Waals surface area contributed by atoms with Crippen molar-refractivity contribution >= 4 is 23.5 Å². The van der Waals surface area contributed by atoms with Gasteiger partial charge in [0.15, 0.2) is 5.76 Å². The summed E-state index contributed by atoms with van der Waals surface area (Å²) < 4.78 is 11.3. The predicted octanol–water partition coefficient (Wildman–Crippen LogP) is 4.17. The number of nitrogens with zero attached hydrogens (tertiary/aromatic N) is 2. The molecule has 8 heteroatoms. The highest BCUT2D eigenvalue weighted by atomic mass is 35.5. The Hall–Kier alpha value is -3.06. The molecule has 3 amide bonds. The second-order valence-corrected chi connectivity index (χ2v) is 7.34. The molecule has 7 nitrogen and oxygen atoms in total. The molecule has 1 aromatic carbocycles. The first kappa shape index (κ1) is 18.3. The lowest BCUT2D eigenvalue weighted by atomic mass is 9.92. The van der Waals surface area contributed by atoms with Gasteiger partial charge < -0.3 is 14.2 Å². The summed E-state index contributed by atoms with van der Waals surface area (Å²) in [6.07, 6.45) is 1.54. The van der Waals surface area contributed by atoms with Gasteiger partial charge in [0.25, 0.3) is 5.91 Å². The molecule has 0 bridgehead atoms. The van der Waals surface area contributed by atoms with Crippen LogP contribution in [0.4, 0.5) is 4.79 Å². The highest BCUT2D eigenvalue weighted by Crippen LogP contribution is 2.33. The summed E-state index contributed by atoms with van der Waals surface area (Å²) in [7, 11) is 0. The lowest BCUT2D eigenvalue weighted by Crippen LogP contribution is -2.41. The van der Waals surface area contributed by atoms with Gasteiger partial charge in [-0.2, -0.15) is 0 Å². The maximum atomic E-state index is 13.0. The van der Waals surface area contributed by atoms with Gasteiger partial charge in [-0.1, -0.05) is 23.7 Å². The van der Waals surface area contributed by atoms with Crippen molar-refractivity contribution < 1.29 is 18.4 Å². The van der Waals surface area contributed by atoms with Gasteiger partial charge in [0.05, 0.1) is 6.20 Å². The van der Waals surface area contributed by atoms with Crippen LogP contribution >= 0.6 is 11.6 Å². The molecule has 1 fully saturated rings. The van der Waals surface area contributed by atoms with Crippen molar-refractivity contribution in [1.82, 2.24) is 15.2 Å². The Morgan fingerprint density at radius 1 is 1.21 bits per heavy atom. The highest BCUT2D eigenvalue weighted by Gasteiger charge is 2.50. The van der Waals surface area contributed by atoms with Crippen molar-refractivity contribution in [3.63, 3.8) is 0 Å². The minimum atomic E-state index is -1.19. The summed E-state index contributed by atoms with van der Waals surface area (Å²) in [4.78, 5) is 30.8. The number of hydrogen-bond donors (Lipinski definition) is 1. The van der Waals surface area contributed by atoms with Crippen LogP contribution in [-0.4, -0.2) is 21.8 Å². The third kappa shape index (κ3) is 2.97. The molecule has 0 aliphatic carbocycles. The third-order valence-corrected chi connectivity index (χ3v) is 5.05. The Morgan fingerprint density at radius 2 is 2.00 bits per heavy atom. The summed E-state index contributed by atoms with van der Waals surface area (Å²) in [5, 5.41) is 3.33. The maximum Gasteiger partial charge on any atom is 0.325 e. The standard InChI is InChI=1S/C20H18ClN3O4/c1-11-7-15(12(2)27-11)20(3)18(25)24(19(26)23-20)10-17-22-9-16(28-17)13-5-4-6-14(21)8-13/h4-9H,10H2,1-3H3,(H,23,26). The first-order valence-corrected chi connectivity index (χ1v) is 9.08. The molecule has 28 heavy (non-hydrogen) atoms. The smallest absolute Gasteiger partial charge is 0.325 e. The molecule has 3 aromatic rings. The molecule has 1 aliphatic rings. The molecule has 2 aromatic heterocycles. The number of oxazole rings is 1. The molecule has 144 valence electrons. The van der Waals surface area contributed by atoms with E-state index in [1.165, 1.54) is 0 Å². The van der Waals surface area contributed by atoms with Crippen LogP contribution in [0.15, 0.2) is 45.4 Å². The normalized spacial score (nSPS) is 19.4. The Balaban J connectivity index is 1.58. The van der Waals surface area contributed by atoms with E-state index in [2.05, 4.69) is 10.3 Å². The number of urea groups is 1. The van der Waals surface area contributed by atoms with E-state index < -0.39 is 11.6 Å². The van der Waals surface area contributed by atoms with Crippen molar-refractivity contribution in [2.45, 2.75) is 32.9 Å². The fourth-order valence-corrected chi connectivity index (χ4v) is 3.63. The van der Waals surface area contributed by atoms with Gasteiger partial charge in [-0.25, -0.2) is 9.78 Å². The van der Waals surface area contributed by atoms with Gasteiger partial charge in [-0.3, -0.25) is 9.69 Å². The Morgan fingerprint density at radius 3 is 2.68 bits per heavy atom. The van der Waals surface area contributed by atoms with Crippen LogP contribution in [0.2, 0.25) is 5.02 Å². The van der Waals surface area contributed by atoms with Gasteiger partial charge in [0, 0.05) is 16.1 Å². The minimum absolute atomic E-state index is 0.0727. The van der Waals surface area contributed by atoms with Gasteiger partial charge in [0.1, 0.15) is 23.6 Å². The van der Waals surface area contributed by atoms with E-state index in [9.17, 15) is 9.59 Å². The molecule has 0 radical (unpaired) electrons. The number of carbonyl (C=O) groups is 2. The number of imide groups is 1. The molecule has 3 heterocycles.